The molecular formula is C11H13ClN2O2. The number of aryl methyl sites for hydroxylation is 1. The monoisotopic (exact) mass is 240 g/mol. The Morgan fingerprint density at radius 3 is 3.00 bits per heavy atom. The van der Waals surface area contributed by atoms with Crippen molar-refractivity contribution in [3.05, 3.63) is 22.7 Å². The van der Waals surface area contributed by atoms with Crippen LogP contribution in [0.1, 0.15) is 12.0 Å². The largest absolute Gasteiger partial charge is 0.478 e. The number of nitrogens with one attached hydrogen (secondary N) is 1. The van der Waals surface area contributed by atoms with E-state index in [1.807, 2.05) is 6.92 Å². The van der Waals surface area contributed by atoms with Gasteiger partial charge in [0.15, 0.2) is 6.10 Å². The lowest BCUT2D eigenvalue weighted by Crippen LogP contribution is -2.38. The van der Waals surface area contributed by atoms with Crippen molar-refractivity contribution in [2.24, 2.45) is 5.73 Å². The summed E-state index contributed by atoms with van der Waals surface area (Å²) < 4.78 is 5.62. The van der Waals surface area contributed by atoms with Crippen LogP contribution in [0, 0.1) is 6.92 Å². The first-order valence-corrected chi connectivity index (χ1v) is 5.47. The zero-order valence-electron chi connectivity index (χ0n) is 8.92. The fourth-order valence-corrected chi connectivity index (χ4v) is 2.00. The Hall–Kier alpha value is -1.26. The molecule has 0 spiro atoms. The fourth-order valence-electron chi connectivity index (χ4n) is 1.73. The van der Waals surface area contributed by atoms with Gasteiger partial charge in [0.05, 0.1) is 5.69 Å². The minimum Gasteiger partial charge on any atom is -0.478 e. The van der Waals surface area contributed by atoms with Crippen LogP contribution in [0.25, 0.3) is 0 Å². The number of halogens is 1. The maximum Gasteiger partial charge on any atom is 0.265 e. The van der Waals surface area contributed by atoms with Gasteiger partial charge in [-0.05, 0) is 31.2 Å². The van der Waals surface area contributed by atoms with E-state index in [4.69, 9.17) is 22.1 Å². The van der Waals surface area contributed by atoms with Crippen LogP contribution < -0.4 is 15.8 Å². The van der Waals surface area contributed by atoms with Gasteiger partial charge in [0.1, 0.15) is 5.75 Å². The van der Waals surface area contributed by atoms with E-state index in [2.05, 4.69) is 5.32 Å². The molecule has 0 bridgehead atoms. The van der Waals surface area contributed by atoms with Crippen molar-refractivity contribution in [2.45, 2.75) is 19.4 Å². The standard InChI is InChI=1S/C11H13ClN2O2/c1-6-4-7(12)5-8-10(6)16-9(2-3-13)11(15)14-8/h4-5,9H,2-3,13H2,1H3,(H,14,15). The predicted molar refractivity (Wildman–Crippen MR) is 62.9 cm³/mol. The van der Waals surface area contributed by atoms with E-state index in [1.165, 1.54) is 0 Å². The van der Waals surface area contributed by atoms with Gasteiger partial charge in [-0.25, -0.2) is 0 Å². The molecule has 1 aliphatic heterocycles. The van der Waals surface area contributed by atoms with Gasteiger partial charge in [-0.1, -0.05) is 11.6 Å². The van der Waals surface area contributed by atoms with Crippen LogP contribution in [0.2, 0.25) is 5.02 Å². The minimum atomic E-state index is -0.502. The zero-order chi connectivity index (χ0) is 11.7. The van der Waals surface area contributed by atoms with Gasteiger partial charge in [0.25, 0.3) is 5.91 Å². The maximum atomic E-state index is 11.6. The Morgan fingerprint density at radius 2 is 2.31 bits per heavy atom. The molecule has 1 unspecified atom stereocenters. The molecule has 0 radical (unpaired) electrons. The fraction of sp³-hybridized carbons (Fsp3) is 0.364. The van der Waals surface area contributed by atoms with E-state index in [9.17, 15) is 4.79 Å². The van der Waals surface area contributed by atoms with Gasteiger partial charge in [-0.2, -0.15) is 0 Å². The highest BCUT2D eigenvalue weighted by Gasteiger charge is 2.28. The summed E-state index contributed by atoms with van der Waals surface area (Å²) in [7, 11) is 0. The molecule has 1 aromatic carbocycles. The summed E-state index contributed by atoms with van der Waals surface area (Å²) in [5, 5.41) is 3.35. The molecule has 1 atom stereocenters. The molecule has 1 heterocycles. The van der Waals surface area contributed by atoms with Gasteiger partial charge >= 0.3 is 0 Å². The third-order valence-electron chi connectivity index (χ3n) is 2.48. The number of nitrogens with two attached hydrogens (primary N) is 1. The van der Waals surface area contributed by atoms with Gasteiger partial charge in [0.2, 0.25) is 0 Å². The highest BCUT2D eigenvalue weighted by Crippen LogP contribution is 2.36. The highest BCUT2D eigenvalue weighted by molar-refractivity contribution is 6.31. The molecule has 0 fully saturated rings. The molecule has 16 heavy (non-hydrogen) atoms. The first-order valence-electron chi connectivity index (χ1n) is 5.09. The second-order valence-electron chi connectivity index (χ2n) is 3.77. The number of amides is 1. The van der Waals surface area contributed by atoms with Gasteiger partial charge < -0.3 is 15.8 Å². The maximum absolute atomic E-state index is 11.6. The van der Waals surface area contributed by atoms with Crippen LogP contribution in [-0.4, -0.2) is 18.6 Å². The molecule has 1 aromatic rings. The Labute approximate surface area is 98.7 Å². The van der Waals surface area contributed by atoms with Crippen molar-refractivity contribution in [1.82, 2.24) is 0 Å². The SMILES string of the molecule is Cc1cc(Cl)cc2c1OC(CCN)C(=O)N2. The van der Waals surface area contributed by atoms with E-state index in [1.54, 1.807) is 12.1 Å². The Kier molecular flexibility index (Phi) is 3.03. The van der Waals surface area contributed by atoms with Crippen LogP contribution >= 0.6 is 11.6 Å². The average molecular weight is 241 g/mol. The van der Waals surface area contributed by atoms with Gasteiger partial charge in [0, 0.05) is 11.4 Å². The normalized spacial score (nSPS) is 18.7. The summed E-state index contributed by atoms with van der Waals surface area (Å²) in [6.45, 7) is 2.31. The van der Waals surface area contributed by atoms with Gasteiger partial charge in [-0.3, -0.25) is 4.79 Å². The van der Waals surface area contributed by atoms with Crippen LogP contribution in [0.15, 0.2) is 12.1 Å². The lowest BCUT2D eigenvalue weighted by molar-refractivity contribution is -0.123. The summed E-state index contributed by atoms with van der Waals surface area (Å²) in [5.41, 5.74) is 6.96. The minimum absolute atomic E-state index is 0.167. The smallest absolute Gasteiger partial charge is 0.265 e. The number of carbonyl (C=O) groups is 1. The molecule has 86 valence electrons. The third-order valence-corrected chi connectivity index (χ3v) is 2.70. The van der Waals surface area contributed by atoms with E-state index < -0.39 is 6.10 Å². The lowest BCUT2D eigenvalue weighted by atomic mass is 10.1. The zero-order valence-corrected chi connectivity index (χ0v) is 9.67. The number of benzene rings is 1. The molecule has 2 rings (SSSR count). The number of hydrogen-bond donors (Lipinski definition) is 2. The van der Waals surface area contributed by atoms with Crippen molar-refractivity contribution in [2.75, 3.05) is 11.9 Å². The van der Waals surface area contributed by atoms with Gasteiger partial charge in [-0.15, -0.1) is 0 Å². The quantitative estimate of drug-likeness (QED) is 0.827. The van der Waals surface area contributed by atoms with E-state index in [0.29, 0.717) is 29.4 Å². The molecule has 3 N–H and O–H groups in total. The number of carbonyl (C=O) groups excluding carboxylic acids is 1. The van der Waals surface area contributed by atoms with E-state index in [0.717, 1.165) is 5.56 Å². The summed E-state index contributed by atoms with van der Waals surface area (Å²) in [6, 6.07) is 3.48. The van der Waals surface area contributed by atoms with Crippen molar-refractivity contribution < 1.29 is 9.53 Å². The van der Waals surface area contributed by atoms with Crippen LogP contribution in [-0.2, 0) is 4.79 Å². The summed E-state index contributed by atoms with van der Waals surface area (Å²) in [5.74, 6) is 0.516. The molecule has 4 nitrogen and oxygen atoms in total. The highest BCUT2D eigenvalue weighted by atomic mass is 35.5. The molecule has 0 saturated carbocycles. The Balaban J connectivity index is 2.35. The lowest BCUT2D eigenvalue weighted by Gasteiger charge is -2.27. The molecule has 0 saturated heterocycles. The average Bonchev–Trinajstić information content (AvgIpc) is 2.20. The summed E-state index contributed by atoms with van der Waals surface area (Å²) >= 11 is 5.90. The van der Waals surface area contributed by atoms with Crippen LogP contribution in [0.4, 0.5) is 5.69 Å². The number of anilines is 1. The molecule has 1 aliphatic rings. The first kappa shape index (κ1) is 11.2. The number of hydrogen-bond acceptors (Lipinski definition) is 3. The second kappa shape index (κ2) is 4.31. The number of ether oxygens (including phenoxy) is 1. The third kappa shape index (κ3) is 1.99. The predicted octanol–water partition coefficient (Wildman–Crippen LogP) is 1.70. The topological polar surface area (TPSA) is 64.3 Å². The number of rotatable bonds is 2. The molecular weight excluding hydrogens is 228 g/mol. The van der Waals surface area contributed by atoms with Crippen LogP contribution in [0.3, 0.4) is 0 Å². The molecule has 0 aliphatic carbocycles. The first-order chi connectivity index (χ1) is 7.61. The van der Waals surface area contributed by atoms with Crippen molar-refractivity contribution in [3.63, 3.8) is 0 Å². The van der Waals surface area contributed by atoms with Crippen molar-refractivity contribution in [3.8, 4) is 5.75 Å². The second-order valence-corrected chi connectivity index (χ2v) is 4.21. The Bertz CT molecular complexity index is 434. The molecule has 0 aromatic heterocycles. The molecule has 5 heteroatoms. The number of fused-ring (bicyclic) bond motifs is 1. The Morgan fingerprint density at radius 1 is 1.56 bits per heavy atom. The van der Waals surface area contributed by atoms with E-state index in [-0.39, 0.29) is 5.91 Å². The van der Waals surface area contributed by atoms with Crippen molar-refractivity contribution >= 4 is 23.2 Å². The van der Waals surface area contributed by atoms with Crippen molar-refractivity contribution in [1.29, 1.82) is 0 Å². The summed E-state index contributed by atoms with van der Waals surface area (Å²) in [4.78, 5) is 11.6. The summed E-state index contributed by atoms with van der Waals surface area (Å²) in [6.07, 6.45) is 0.00485. The van der Waals surface area contributed by atoms with Crippen LogP contribution in [0.5, 0.6) is 5.75 Å². The van der Waals surface area contributed by atoms with E-state index >= 15 is 0 Å². The molecule has 1 amide bonds.